The van der Waals surface area contributed by atoms with E-state index >= 15 is 0 Å². The zero-order valence-electron chi connectivity index (χ0n) is 24.3. The molecule has 1 aromatic rings. The van der Waals surface area contributed by atoms with Gasteiger partial charge in [0.25, 0.3) is 11.5 Å². The molecule has 16 heteroatoms. The Kier molecular flexibility index (Phi) is 12.6. The first-order chi connectivity index (χ1) is 21.4. The minimum absolute atomic E-state index is 0.0220. The molecule has 0 saturated heterocycles. The van der Waals surface area contributed by atoms with Crippen LogP contribution in [0, 0.1) is 0 Å². The topological polar surface area (TPSA) is 123 Å². The summed E-state index contributed by atoms with van der Waals surface area (Å²) in [6.45, 7) is 3.45. The molecule has 0 bridgehead atoms. The Morgan fingerprint density at radius 3 is 1.91 bits per heavy atom. The van der Waals surface area contributed by atoms with Crippen LogP contribution in [-0.2, 0) is 19.1 Å². The Labute approximate surface area is 290 Å². The second-order valence-electron chi connectivity index (χ2n) is 10.6. The van der Waals surface area contributed by atoms with Crippen LogP contribution in [0.2, 0.25) is 0 Å². The number of amides is 1. The summed E-state index contributed by atoms with van der Waals surface area (Å²) < 4.78 is 11.5. The highest BCUT2D eigenvalue weighted by Gasteiger charge is 2.46. The number of H-pyrrole nitrogens is 1. The number of ether oxygens (including phenoxy) is 2. The van der Waals surface area contributed by atoms with E-state index in [9.17, 15) is 19.2 Å². The van der Waals surface area contributed by atoms with Crippen molar-refractivity contribution in [2.24, 2.45) is 5.10 Å². The minimum Gasteiger partial charge on any atom is -0.461 e. The van der Waals surface area contributed by atoms with Crippen molar-refractivity contribution in [3.8, 4) is 0 Å². The lowest BCUT2D eigenvalue weighted by atomic mass is 9.93. The van der Waals surface area contributed by atoms with Gasteiger partial charge in [-0.05, 0) is 51.7 Å². The number of alkyl halides is 6. The molecule has 4 rings (SSSR count). The number of nitrogens with zero attached hydrogens (tertiary/aromatic N) is 3. The van der Waals surface area contributed by atoms with Crippen molar-refractivity contribution in [2.75, 3.05) is 13.2 Å². The summed E-state index contributed by atoms with van der Waals surface area (Å²) in [4.78, 5) is 52.3. The smallest absolute Gasteiger partial charge is 0.359 e. The van der Waals surface area contributed by atoms with E-state index in [1.807, 2.05) is 0 Å². The second kappa shape index (κ2) is 15.8. The van der Waals surface area contributed by atoms with Crippen molar-refractivity contribution in [3.63, 3.8) is 0 Å². The molecule has 2 fully saturated rings. The maximum absolute atomic E-state index is 13.5. The molecule has 1 aromatic heterocycles. The summed E-state index contributed by atoms with van der Waals surface area (Å²) in [5.41, 5.74) is -0.772. The number of aromatic amines is 1. The van der Waals surface area contributed by atoms with Gasteiger partial charge in [0.1, 0.15) is 0 Å². The molecule has 246 valence electrons. The Bertz CT molecular complexity index is 1450. The third-order valence-corrected chi connectivity index (χ3v) is 9.99. The highest BCUT2D eigenvalue weighted by atomic mass is 35.5. The zero-order chi connectivity index (χ0) is 33.0. The Morgan fingerprint density at radius 2 is 1.36 bits per heavy atom. The van der Waals surface area contributed by atoms with Crippen LogP contribution in [-0.4, -0.2) is 89.9 Å². The molecule has 1 amide bonds. The molecule has 45 heavy (non-hydrogen) atoms. The van der Waals surface area contributed by atoms with Crippen molar-refractivity contribution in [1.82, 2.24) is 14.8 Å². The van der Waals surface area contributed by atoms with Crippen LogP contribution in [0.5, 0.6) is 0 Å². The first-order valence-electron chi connectivity index (χ1n) is 14.4. The molecule has 10 nitrogen and oxygen atoms in total. The molecule has 0 spiro atoms. The lowest BCUT2D eigenvalue weighted by molar-refractivity contribution is -0.135. The molecule has 0 aromatic carbocycles. The van der Waals surface area contributed by atoms with Gasteiger partial charge in [-0.3, -0.25) is 14.7 Å². The summed E-state index contributed by atoms with van der Waals surface area (Å²) in [6.07, 6.45) is 8.97. The third kappa shape index (κ3) is 7.96. The number of rotatable bonds is 9. The fraction of sp³-hybridized carbons (Fsp3) is 0.552. The molecule has 3 aliphatic rings. The second-order valence-corrected chi connectivity index (χ2v) is 14.1. The molecule has 1 aliphatic heterocycles. The van der Waals surface area contributed by atoms with Crippen molar-refractivity contribution in [2.45, 2.75) is 83.9 Å². The molecule has 1 N–H and O–H groups in total. The molecule has 2 saturated carbocycles. The van der Waals surface area contributed by atoms with Crippen molar-refractivity contribution >= 4 is 99.2 Å². The first kappa shape index (κ1) is 35.9. The van der Waals surface area contributed by atoms with Crippen LogP contribution in [0.1, 0.15) is 61.6 Å². The van der Waals surface area contributed by atoms with Crippen molar-refractivity contribution in [1.29, 1.82) is 0 Å². The van der Waals surface area contributed by atoms with Gasteiger partial charge in [-0.1, -0.05) is 18.2 Å². The minimum atomic E-state index is -0.780. The predicted octanol–water partition coefficient (Wildman–Crippen LogP) is 5.75. The van der Waals surface area contributed by atoms with Crippen LogP contribution in [0.15, 0.2) is 39.8 Å². The SMILES string of the molecule is CCOC(=O)C1=NN(C2C(Cl)CC(Cl)CC2Cl)C(=O)C1=CC=CC=Cc1c(C(=O)OCC)[nH]n(C2C(Cl)CC(Cl)CC2Cl)c1=O. The van der Waals surface area contributed by atoms with E-state index in [1.54, 1.807) is 13.8 Å². The van der Waals surface area contributed by atoms with Gasteiger partial charge < -0.3 is 9.47 Å². The number of nitrogens with one attached hydrogen (secondary N) is 1. The summed E-state index contributed by atoms with van der Waals surface area (Å²) >= 11 is 38.6. The summed E-state index contributed by atoms with van der Waals surface area (Å²) in [5.74, 6) is -2.08. The van der Waals surface area contributed by atoms with Gasteiger partial charge in [-0.15, -0.1) is 69.6 Å². The van der Waals surface area contributed by atoms with Crippen LogP contribution < -0.4 is 5.56 Å². The van der Waals surface area contributed by atoms with E-state index in [0.717, 1.165) is 5.01 Å². The van der Waals surface area contributed by atoms with E-state index in [1.165, 1.54) is 35.1 Å². The van der Waals surface area contributed by atoms with E-state index in [0.29, 0.717) is 25.7 Å². The highest BCUT2D eigenvalue weighted by molar-refractivity contribution is 6.51. The fourth-order valence-corrected chi connectivity index (χ4v) is 8.79. The average Bonchev–Trinajstić information content (AvgIpc) is 3.44. The molecule has 2 aliphatic carbocycles. The maximum Gasteiger partial charge on any atom is 0.359 e. The van der Waals surface area contributed by atoms with Crippen LogP contribution in [0.3, 0.4) is 0 Å². The number of carbonyl (C=O) groups excluding carboxylic acids is 3. The molecule has 0 radical (unpaired) electrons. The fourth-order valence-electron chi connectivity index (χ4n) is 5.50. The lowest BCUT2D eigenvalue weighted by Gasteiger charge is -2.37. The van der Waals surface area contributed by atoms with E-state index in [2.05, 4.69) is 10.2 Å². The molecular weight excluding hydrogens is 713 g/mol. The molecule has 4 unspecified atom stereocenters. The number of hydrazone groups is 1. The number of carbonyl (C=O) groups is 3. The summed E-state index contributed by atoms with van der Waals surface area (Å²) in [7, 11) is 0. The number of esters is 2. The van der Waals surface area contributed by atoms with Gasteiger partial charge in [0, 0.05) is 10.8 Å². The van der Waals surface area contributed by atoms with Gasteiger partial charge in [-0.25, -0.2) is 19.3 Å². The van der Waals surface area contributed by atoms with Crippen LogP contribution in [0.25, 0.3) is 6.08 Å². The Balaban J connectivity index is 1.62. The van der Waals surface area contributed by atoms with Crippen LogP contribution >= 0.6 is 69.6 Å². The largest absolute Gasteiger partial charge is 0.461 e. The van der Waals surface area contributed by atoms with Crippen LogP contribution in [0.4, 0.5) is 0 Å². The van der Waals surface area contributed by atoms with Gasteiger partial charge in [0.15, 0.2) is 11.4 Å². The number of hydrogen-bond acceptors (Lipinski definition) is 7. The number of hydrogen-bond donors (Lipinski definition) is 1. The zero-order valence-corrected chi connectivity index (χ0v) is 28.8. The lowest BCUT2D eigenvalue weighted by Crippen LogP contribution is -2.50. The van der Waals surface area contributed by atoms with E-state index in [-0.39, 0.29) is 46.5 Å². The summed E-state index contributed by atoms with van der Waals surface area (Å²) in [5, 5.41) is 5.47. The number of halogens is 6. The predicted molar refractivity (Wildman–Crippen MR) is 177 cm³/mol. The van der Waals surface area contributed by atoms with Gasteiger partial charge >= 0.3 is 11.9 Å². The highest BCUT2D eigenvalue weighted by Crippen LogP contribution is 2.38. The third-order valence-electron chi connectivity index (χ3n) is 7.54. The number of allylic oxidation sites excluding steroid dienone is 4. The van der Waals surface area contributed by atoms with Crippen molar-refractivity contribution in [3.05, 3.63) is 51.5 Å². The van der Waals surface area contributed by atoms with E-state index in [4.69, 9.17) is 79.1 Å². The first-order valence-corrected chi connectivity index (χ1v) is 17.0. The standard InChI is InChI=1S/C29H32Cl6N4O6/c1-3-44-28(42)22-16(26(40)38(36-22)24-18(32)10-14(30)11-19(24)33)8-6-5-7-9-17-23(29(43)45-4-2)37-39(27(17)41)25-20(34)12-15(31)13-21(25)35/h5-9,14-15,18-21,24-25,36H,3-4,10-13H2,1-2H3. The van der Waals surface area contributed by atoms with Gasteiger partial charge in [0.05, 0.1) is 57.9 Å². The van der Waals surface area contributed by atoms with Gasteiger partial charge in [0.2, 0.25) is 0 Å². The monoisotopic (exact) mass is 742 g/mol. The molecule has 4 atom stereocenters. The quantitative estimate of drug-likeness (QED) is 0.149. The summed E-state index contributed by atoms with van der Waals surface area (Å²) in [6, 6.07) is -1.32. The Hall–Kier alpha value is -1.95. The molecule has 2 heterocycles. The normalized spacial score (nSPS) is 31.6. The average molecular weight is 745 g/mol. The molecular formula is C29H32Cl6N4O6. The number of aromatic nitrogens is 2. The Morgan fingerprint density at radius 1 is 0.822 bits per heavy atom. The van der Waals surface area contributed by atoms with E-state index < -0.39 is 57.0 Å². The van der Waals surface area contributed by atoms with Crippen molar-refractivity contribution < 1.29 is 23.9 Å². The van der Waals surface area contributed by atoms with Gasteiger partial charge in [-0.2, -0.15) is 5.10 Å². The maximum atomic E-state index is 13.5.